The quantitative estimate of drug-likeness (QED) is 0.172. The first kappa shape index (κ1) is 28.6. The standard InChI is InChI=1S/C31H38FN5O4/c1-33-31(39)41-15-14-40-28-7-4-6-23-18-27(37(29(23)28)19-21-8-9-21)30-34-25-16-24(20-38)22(17-26(25)36(30)3)10-13-35(2)12-5-11-32/h4,6-7,16-18,20-21H,5,8-15,19H2,1-3H3,(H,33,39). The van der Waals surface area contributed by atoms with Crippen LogP contribution in [-0.2, 0) is 24.8 Å². The highest BCUT2D eigenvalue weighted by Crippen LogP contribution is 2.39. The van der Waals surface area contributed by atoms with Crippen molar-refractivity contribution >= 4 is 34.3 Å². The summed E-state index contributed by atoms with van der Waals surface area (Å²) in [5.41, 5.74) is 5.30. The second-order valence-electron chi connectivity index (χ2n) is 10.8. The van der Waals surface area contributed by atoms with Crippen LogP contribution in [0.25, 0.3) is 33.5 Å². The van der Waals surface area contributed by atoms with Gasteiger partial charge in [0.2, 0.25) is 0 Å². The third-order valence-electron chi connectivity index (χ3n) is 7.73. The van der Waals surface area contributed by atoms with Crippen molar-refractivity contribution < 1.29 is 23.5 Å². The first-order valence-electron chi connectivity index (χ1n) is 14.2. The van der Waals surface area contributed by atoms with Gasteiger partial charge < -0.3 is 28.8 Å². The summed E-state index contributed by atoms with van der Waals surface area (Å²) in [6.45, 7) is 2.33. The predicted octanol–water partition coefficient (Wildman–Crippen LogP) is 4.99. The van der Waals surface area contributed by atoms with E-state index in [4.69, 9.17) is 14.5 Å². The molecule has 0 unspecified atom stereocenters. The number of likely N-dealkylation sites (N-methyl/N-ethyl adjacent to an activating group) is 1. The van der Waals surface area contributed by atoms with Gasteiger partial charge in [-0.2, -0.15) is 0 Å². The van der Waals surface area contributed by atoms with E-state index in [9.17, 15) is 14.0 Å². The molecule has 2 heterocycles. The molecule has 1 N–H and O–H groups in total. The Kier molecular flexibility index (Phi) is 8.87. The number of imidazole rings is 1. The maximum absolute atomic E-state index is 12.6. The third-order valence-corrected chi connectivity index (χ3v) is 7.73. The van der Waals surface area contributed by atoms with Gasteiger partial charge in [0.25, 0.3) is 0 Å². The molecule has 5 rings (SSSR count). The number of rotatable bonds is 14. The van der Waals surface area contributed by atoms with Gasteiger partial charge in [0.05, 0.1) is 28.9 Å². The molecule has 0 saturated heterocycles. The Labute approximate surface area is 239 Å². The number of hydrogen-bond acceptors (Lipinski definition) is 6. The average Bonchev–Trinajstić information content (AvgIpc) is 3.66. The monoisotopic (exact) mass is 563 g/mol. The maximum atomic E-state index is 12.6. The van der Waals surface area contributed by atoms with Crippen LogP contribution >= 0.6 is 0 Å². The lowest BCUT2D eigenvalue weighted by Gasteiger charge is -2.16. The van der Waals surface area contributed by atoms with E-state index in [-0.39, 0.29) is 19.9 Å². The number of ether oxygens (including phenoxy) is 2. The average molecular weight is 564 g/mol. The number of benzene rings is 2. The van der Waals surface area contributed by atoms with Crippen LogP contribution in [0.3, 0.4) is 0 Å². The lowest BCUT2D eigenvalue weighted by atomic mass is 10.0. The fourth-order valence-corrected chi connectivity index (χ4v) is 5.30. The minimum atomic E-state index is -0.488. The molecule has 218 valence electrons. The van der Waals surface area contributed by atoms with Crippen LogP contribution < -0.4 is 10.1 Å². The highest BCUT2D eigenvalue weighted by molar-refractivity contribution is 5.93. The highest BCUT2D eigenvalue weighted by atomic mass is 19.1. The van der Waals surface area contributed by atoms with E-state index in [0.29, 0.717) is 30.9 Å². The molecule has 0 aliphatic heterocycles. The smallest absolute Gasteiger partial charge is 0.406 e. The Morgan fingerprint density at radius 1 is 1.22 bits per heavy atom. The first-order valence-corrected chi connectivity index (χ1v) is 14.2. The molecule has 1 saturated carbocycles. The van der Waals surface area contributed by atoms with Gasteiger partial charge in [0.15, 0.2) is 5.82 Å². The van der Waals surface area contributed by atoms with E-state index in [0.717, 1.165) is 64.1 Å². The molecular weight excluding hydrogens is 525 g/mol. The number of carbonyl (C=O) groups is 2. The minimum absolute atomic E-state index is 0.143. The number of nitrogens with zero attached hydrogens (tertiary/aromatic N) is 4. The second kappa shape index (κ2) is 12.7. The number of aromatic nitrogens is 3. The largest absolute Gasteiger partial charge is 0.488 e. The summed E-state index contributed by atoms with van der Waals surface area (Å²) >= 11 is 0. The second-order valence-corrected chi connectivity index (χ2v) is 10.8. The summed E-state index contributed by atoms with van der Waals surface area (Å²) in [7, 11) is 5.51. The summed E-state index contributed by atoms with van der Waals surface area (Å²) < 4.78 is 28.2. The Bertz CT molecular complexity index is 1540. The Morgan fingerprint density at radius 3 is 2.78 bits per heavy atom. The minimum Gasteiger partial charge on any atom is -0.488 e. The van der Waals surface area contributed by atoms with Crippen LogP contribution in [-0.4, -0.2) is 78.5 Å². The van der Waals surface area contributed by atoms with Gasteiger partial charge in [0.1, 0.15) is 25.2 Å². The number of aldehydes is 1. The number of fused-ring (bicyclic) bond motifs is 2. The van der Waals surface area contributed by atoms with E-state index >= 15 is 0 Å². The number of nitrogens with one attached hydrogen (secondary N) is 1. The van der Waals surface area contributed by atoms with E-state index in [1.54, 1.807) is 0 Å². The van der Waals surface area contributed by atoms with Gasteiger partial charge in [-0.1, -0.05) is 12.1 Å². The normalized spacial score (nSPS) is 13.3. The molecule has 1 aliphatic carbocycles. The Hall–Kier alpha value is -3.92. The van der Waals surface area contributed by atoms with Crippen LogP contribution in [0.15, 0.2) is 36.4 Å². The van der Waals surface area contributed by atoms with Gasteiger partial charge in [-0.05, 0) is 68.5 Å². The molecule has 41 heavy (non-hydrogen) atoms. The number of halogens is 1. The number of aryl methyl sites for hydroxylation is 1. The van der Waals surface area contributed by atoms with Gasteiger partial charge in [-0.3, -0.25) is 9.18 Å². The molecule has 0 radical (unpaired) electrons. The number of para-hydroxylation sites is 1. The maximum Gasteiger partial charge on any atom is 0.406 e. The fraction of sp³-hybridized carbons (Fsp3) is 0.452. The highest BCUT2D eigenvalue weighted by Gasteiger charge is 2.27. The summed E-state index contributed by atoms with van der Waals surface area (Å²) in [6.07, 6.45) is 3.99. The van der Waals surface area contributed by atoms with E-state index in [2.05, 4.69) is 37.5 Å². The van der Waals surface area contributed by atoms with Crippen LogP contribution in [0.2, 0.25) is 0 Å². The van der Waals surface area contributed by atoms with Crippen molar-refractivity contribution in [1.82, 2.24) is 24.3 Å². The molecule has 4 aromatic rings. The van der Waals surface area contributed by atoms with Crippen molar-refractivity contribution in [2.75, 3.05) is 47.1 Å². The summed E-state index contributed by atoms with van der Waals surface area (Å²) in [4.78, 5) is 30.5. The molecule has 2 aromatic heterocycles. The molecular formula is C31H38FN5O4. The van der Waals surface area contributed by atoms with Crippen LogP contribution in [0, 0.1) is 5.92 Å². The molecule has 2 aromatic carbocycles. The molecule has 0 bridgehead atoms. The van der Waals surface area contributed by atoms with Crippen molar-refractivity contribution in [2.45, 2.75) is 32.2 Å². The van der Waals surface area contributed by atoms with Crippen molar-refractivity contribution in [3.05, 3.63) is 47.5 Å². The van der Waals surface area contributed by atoms with Gasteiger partial charge in [-0.25, -0.2) is 9.78 Å². The van der Waals surface area contributed by atoms with Crippen molar-refractivity contribution in [1.29, 1.82) is 0 Å². The zero-order valence-corrected chi connectivity index (χ0v) is 24.0. The lowest BCUT2D eigenvalue weighted by molar-refractivity contribution is 0.112. The van der Waals surface area contributed by atoms with Crippen LogP contribution in [0.5, 0.6) is 5.75 Å². The first-order chi connectivity index (χ1) is 19.9. The van der Waals surface area contributed by atoms with Gasteiger partial charge in [-0.15, -0.1) is 0 Å². The molecule has 1 fully saturated rings. The van der Waals surface area contributed by atoms with Crippen molar-refractivity contribution in [2.24, 2.45) is 13.0 Å². The predicted molar refractivity (Wildman–Crippen MR) is 157 cm³/mol. The summed E-state index contributed by atoms with van der Waals surface area (Å²) in [5, 5.41) is 3.48. The third kappa shape index (κ3) is 6.37. The zero-order chi connectivity index (χ0) is 28.9. The summed E-state index contributed by atoms with van der Waals surface area (Å²) in [5.74, 6) is 2.15. The van der Waals surface area contributed by atoms with Gasteiger partial charge in [0, 0.05) is 44.7 Å². The molecule has 1 amide bonds. The number of hydrogen-bond donors (Lipinski definition) is 1. The van der Waals surface area contributed by atoms with E-state index in [1.807, 2.05) is 32.3 Å². The number of alkyl halides is 1. The molecule has 10 heteroatoms. The topological polar surface area (TPSA) is 90.6 Å². The lowest BCUT2D eigenvalue weighted by Crippen LogP contribution is -2.23. The van der Waals surface area contributed by atoms with Crippen LogP contribution in [0.4, 0.5) is 9.18 Å². The van der Waals surface area contributed by atoms with E-state index < -0.39 is 6.09 Å². The molecule has 1 aliphatic rings. The molecule has 9 nitrogen and oxygen atoms in total. The van der Waals surface area contributed by atoms with Crippen molar-refractivity contribution in [3.63, 3.8) is 0 Å². The molecule has 0 atom stereocenters. The van der Waals surface area contributed by atoms with Gasteiger partial charge >= 0.3 is 6.09 Å². The number of alkyl carbamates (subject to hydrolysis) is 1. The zero-order valence-electron chi connectivity index (χ0n) is 24.0. The fourth-order valence-electron chi connectivity index (χ4n) is 5.30. The number of carbonyl (C=O) groups excluding carboxylic acids is 2. The Balaban J connectivity index is 1.50. The number of amides is 1. The van der Waals surface area contributed by atoms with E-state index in [1.165, 1.54) is 19.9 Å². The summed E-state index contributed by atoms with van der Waals surface area (Å²) in [6, 6.07) is 12.1. The van der Waals surface area contributed by atoms with Crippen LogP contribution in [0.1, 0.15) is 35.2 Å². The Morgan fingerprint density at radius 2 is 2.05 bits per heavy atom. The molecule has 0 spiro atoms. The van der Waals surface area contributed by atoms with Crippen molar-refractivity contribution in [3.8, 4) is 17.3 Å². The SMILES string of the molecule is CNC(=O)OCCOc1cccc2cc(-c3nc4cc(C=O)c(CCN(C)CCCF)cc4n3C)n(CC3CC3)c12.